The van der Waals surface area contributed by atoms with Crippen molar-refractivity contribution in [1.29, 1.82) is 0 Å². The van der Waals surface area contributed by atoms with Gasteiger partial charge in [0.2, 0.25) is 0 Å². The summed E-state index contributed by atoms with van der Waals surface area (Å²) in [7, 11) is 0. The van der Waals surface area contributed by atoms with Crippen LogP contribution in [0.25, 0.3) is 22.3 Å². The van der Waals surface area contributed by atoms with Gasteiger partial charge < -0.3 is 0 Å². The first-order valence-electron chi connectivity index (χ1n) is 8.80. The van der Waals surface area contributed by atoms with Crippen LogP contribution in [0.15, 0.2) is 53.5 Å². The van der Waals surface area contributed by atoms with Gasteiger partial charge in [-0.3, -0.25) is 0 Å². The first-order valence-corrected chi connectivity index (χ1v) is 10.7. The zero-order valence-corrected chi connectivity index (χ0v) is 16.5. The molecule has 4 rings (SSSR count). The topological polar surface area (TPSA) is 12.5 Å². The van der Waals surface area contributed by atoms with Gasteiger partial charge >= 0.3 is 156 Å². The minimum atomic E-state index is 0.373. The molecule has 2 nitrogen and oxygen atoms in total. The second-order valence-corrected chi connectivity index (χ2v) is 8.46. The second kappa shape index (κ2) is 7.21. The summed E-state index contributed by atoms with van der Waals surface area (Å²) in [6.07, 6.45) is 0. The summed E-state index contributed by atoms with van der Waals surface area (Å²) in [5.74, 6) is 0. The van der Waals surface area contributed by atoms with Crippen LogP contribution in [0, 0.1) is 13.8 Å². The summed E-state index contributed by atoms with van der Waals surface area (Å²) in [5, 5.41) is 0. The quantitative estimate of drug-likeness (QED) is 0.603. The number of hydrogen-bond acceptors (Lipinski definition) is 2. The SMILES string of the molecule is Cc1ccc(-c2c[se]c(N3CCOCC3)c2-c2ccc(C)cc2)cc1. The molecule has 1 aromatic heterocycles. The van der Waals surface area contributed by atoms with E-state index in [2.05, 4.69) is 72.2 Å². The van der Waals surface area contributed by atoms with Gasteiger partial charge in [0.25, 0.3) is 0 Å². The molecule has 0 radical (unpaired) electrons. The Balaban J connectivity index is 1.84. The molecule has 25 heavy (non-hydrogen) atoms. The van der Waals surface area contributed by atoms with E-state index in [0.717, 1.165) is 26.3 Å². The van der Waals surface area contributed by atoms with Crippen LogP contribution in [-0.2, 0) is 4.74 Å². The summed E-state index contributed by atoms with van der Waals surface area (Å²) in [4.78, 5) is 4.99. The maximum absolute atomic E-state index is 5.57. The molecule has 128 valence electrons. The third-order valence-electron chi connectivity index (χ3n) is 4.77. The Morgan fingerprint density at radius 2 is 1.36 bits per heavy atom. The summed E-state index contributed by atoms with van der Waals surface area (Å²) in [6.45, 7) is 7.97. The number of ether oxygens (including phenoxy) is 1. The van der Waals surface area contributed by atoms with Crippen LogP contribution < -0.4 is 4.90 Å². The molecular weight excluding hydrogens is 373 g/mol. The van der Waals surface area contributed by atoms with E-state index in [9.17, 15) is 0 Å². The average Bonchev–Trinajstić information content (AvgIpc) is 3.09. The minimum absolute atomic E-state index is 0.373. The first kappa shape index (κ1) is 16.7. The van der Waals surface area contributed by atoms with E-state index >= 15 is 0 Å². The Bertz CT molecular complexity index is 843. The van der Waals surface area contributed by atoms with Crippen LogP contribution >= 0.6 is 0 Å². The summed E-state index contributed by atoms with van der Waals surface area (Å²) in [6, 6.07) is 17.9. The van der Waals surface area contributed by atoms with Crippen LogP contribution in [0.2, 0.25) is 0 Å². The molecule has 1 saturated heterocycles. The third-order valence-corrected chi connectivity index (χ3v) is 6.95. The molecule has 1 aliphatic rings. The molecule has 0 saturated carbocycles. The van der Waals surface area contributed by atoms with Crippen molar-refractivity contribution in [1.82, 2.24) is 0 Å². The number of nitrogens with zero attached hydrogens (tertiary/aromatic N) is 1. The third kappa shape index (κ3) is 3.46. The van der Waals surface area contributed by atoms with Crippen LogP contribution in [0.3, 0.4) is 0 Å². The fourth-order valence-corrected chi connectivity index (χ4v) is 5.73. The molecule has 0 bridgehead atoms. The van der Waals surface area contributed by atoms with Crippen molar-refractivity contribution in [3.05, 3.63) is 64.6 Å². The Hall–Kier alpha value is -1.80. The van der Waals surface area contributed by atoms with Crippen LogP contribution in [0.4, 0.5) is 4.56 Å². The van der Waals surface area contributed by atoms with Crippen LogP contribution in [0.5, 0.6) is 0 Å². The van der Waals surface area contributed by atoms with E-state index in [-0.39, 0.29) is 0 Å². The Kier molecular flexibility index (Phi) is 4.80. The summed E-state index contributed by atoms with van der Waals surface area (Å²) < 4.78 is 7.08. The molecule has 2 heterocycles. The number of anilines is 1. The molecule has 3 aromatic rings. The van der Waals surface area contributed by atoms with E-state index < -0.39 is 0 Å². The van der Waals surface area contributed by atoms with Gasteiger partial charge in [0.05, 0.1) is 0 Å². The van der Waals surface area contributed by atoms with Gasteiger partial charge in [-0.2, -0.15) is 0 Å². The molecular formula is C22H23NOSe. The molecule has 0 N–H and O–H groups in total. The molecule has 3 heteroatoms. The number of aryl methyl sites for hydroxylation is 2. The van der Waals surface area contributed by atoms with Crippen molar-refractivity contribution in [3.63, 3.8) is 0 Å². The predicted octanol–water partition coefficient (Wildman–Crippen LogP) is 4.53. The van der Waals surface area contributed by atoms with E-state index in [1.54, 1.807) is 0 Å². The summed E-state index contributed by atoms with van der Waals surface area (Å²) >= 11 is 0.373. The molecule has 0 aliphatic carbocycles. The standard InChI is InChI=1S/C22H23NOSe/c1-16-3-7-18(8-4-16)20-15-25-22(23-11-13-24-14-12-23)21(20)19-9-5-17(2)6-10-19/h3-10,15H,11-14H2,1-2H3. The fraction of sp³-hybridized carbons (Fsp3) is 0.273. The number of rotatable bonds is 3. The Labute approximate surface area is 155 Å². The molecule has 1 fully saturated rings. The zero-order chi connectivity index (χ0) is 17.2. The van der Waals surface area contributed by atoms with E-state index in [1.807, 2.05) is 0 Å². The normalized spacial score (nSPS) is 14.7. The van der Waals surface area contributed by atoms with Gasteiger partial charge in [0.1, 0.15) is 0 Å². The fourth-order valence-electron chi connectivity index (χ4n) is 3.29. The molecule has 0 amide bonds. The van der Waals surface area contributed by atoms with Crippen LogP contribution in [-0.4, -0.2) is 40.8 Å². The van der Waals surface area contributed by atoms with Crippen molar-refractivity contribution in [3.8, 4) is 22.3 Å². The first-order chi connectivity index (χ1) is 12.2. The van der Waals surface area contributed by atoms with Crippen molar-refractivity contribution in [2.45, 2.75) is 13.8 Å². The molecule has 0 unspecified atom stereocenters. The van der Waals surface area contributed by atoms with Crippen molar-refractivity contribution in [2.24, 2.45) is 0 Å². The number of hydrogen-bond donors (Lipinski definition) is 0. The molecule has 2 aromatic carbocycles. The molecule has 1 aliphatic heterocycles. The van der Waals surface area contributed by atoms with Crippen molar-refractivity contribution in [2.75, 3.05) is 31.2 Å². The second-order valence-electron chi connectivity index (χ2n) is 6.66. The van der Waals surface area contributed by atoms with Gasteiger partial charge in [-0.1, -0.05) is 0 Å². The Morgan fingerprint density at radius 3 is 1.96 bits per heavy atom. The van der Waals surface area contributed by atoms with Gasteiger partial charge in [-0.15, -0.1) is 0 Å². The van der Waals surface area contributed by atoms with Gasteiger partial charge in [-0.25, -0.2) is 0 Å². The van der Waals surface area contributed by atoms with Gasteiger partial charge in [0, 0.05) is 0 Å². The zero-order valence-electron chi connectivity index (χ0n) is 14.8. The van der Waals surface area contributed by atoms with Gasteiger partial charge in [-0.05, 0) is 0 Å². The van der Waals surface area contributed by atoms with Gasteiger partial charge in [0.15, 0.2) is 0 Å². The van der Waals surface area contributed by atoms with E-state index in [1.165, 1.54) is 37.9 Å². The van der Waals surface area contributed by atoms with Crippen molar-refractivity contribution >= 4 is 19.1 Å². The van der Waals surface area contributed by atoms with Crippen molar-refractivity contribution < 1.29 is 4.74 Å². The van der Waals surface area contributed by atoms with E-state index in [4.69, 9.17) is 4.74 Å². The van der Waals surface area contributed by atoms with Crippen LogP contribution in [0.1, 0.15) is 11.1 Å². The monoisotopic (exact) mass is 397 g/mol. The van der Waals surface area contributed by atoms with E-state index in [0.29, 0.717) is 14.5 Å². The maximum atomic E-state index is 5.57. The average molecular weight is 396 g/mol. The Morgan fingerprint density at radius 1 is 0.800 bits per heavy atom. The predicted molar refractivity (Wildman–Crippen MR) is 107 cm³/mol. The number of benzene rings is 2. The molecule has 0 spiro atoms. The molecule has 0 atom stereocenters. The number of morpholine rings is 1. The summed E-state index contributed by atoms with van der Waals surface area (Å²) in [5.41, 5.74) is 8.09.